The Morgan fingerprint density at radius 2 is 1.90 bits per heavy atom. The van der Waals surface area contributed by atoms with E-state index in [0.717, 1.165) is 41.4 Å². The molecule has 0 aliphatic rings. The molecule has 0 heterocycles. The van der Waals surface area contributed by atoms with Gasteiger partial charge in [0.25, 0.3) is 0 Å². The summed E-state index contributed by atoms with van der Waals surface area (Å²) in [5.41, 5.74) is 3.41. The minimum Gasteiger partial charge on any atom is -0.497 e. The molecule has 0 saturated carbocycles. The van der Waals surface area contributed by atoms with Crippen LogP contribution in [0.4, 0.5) is 0 Å². The van der Waals surface area contributed by atoms with Crippen molar-refractivity contribution < 1.29 is 4.74 Å². The van der Waals surface area contributed by atoms with E-state index in [0.29, 0.717) is 0 Å². The lowest BCUT2D eigenvalue weighted by atomic mass is 9.99. The first-order valence-corrected chi connectivity index (χ1v) is 7.26. The summed E-state index contributed by atoms with van der Waals surface area (Å²) in [5, 5.41) is 4.21. The molecule has 0 radical (unpaired) electrons. The first kappa shape index (κ1) is 14.9. The zero-order valence-corrected chi connectivity index (χ0v) is 12.7. The SMILES string of the molecule is CCCNCc1cc(OC)ccc1-c1ccccc1Cl. The lowest BCUT2D eigenvalue weighted by Crippen LogP contribution is -2.14. The van der Waals surface area contributed by atoms with Gasteiger partial charge in [0.15, 0.2) is 0 Å². The molecule has 0 unspecified atom stereocenters. The minimum atomic E-state index is 0.773. The Bertz CT molecular complexity index is 569. The summed E-state index contributed by atoms with van der Waals surface area (Å²) in [5.74, 6) is 0.870. The van der Waals surface area contributed by atoms with E-state index >= 15 is 0 Å². The Balaban J connectivity index is 2.38. The summed E-state index contributed by atoms with van der Waals surface area (Å²) in [6.45, 7) is 3.97. The molecule has 3 heteroatoms. The summed E-state index contributed by atoms with van der Waals surface area (Å²) in [6, 6.07) is 14.0. The summed E-state index contributed by atoms with van der Waals surface area (Å²) >= 11 is 6.31. The number of rotatable bonds is 6. The van der Waals surface area contributed by atoms with Gasteiger partial charge in [-0.15, -0.1) is 0 Å². The number of nitrogens with one attached hydrogen (secondary N) is 1. The van der Waals surface area contributed by atoms with Crippen molar-refractivity contribution in [2.75, 3.05) is 13.7 Å². The van der Waals surface area contributed by atoms with Crippen molar-refractivity contribution in [2.45, 2.75) is 19.9 Å². The molecule has 20 heavy (non-hydrogen) atoms. The molecular formula is C17H20ClNO. The number of hydrogen-bond donors (Lipinski definition) is 1. The fourth-order valence-electron chi connectivity index (χ4n) is 2.19. The second kappa shape index (κ2) is 7.32. The Morgan fingerprint density at radius 3 is 2.60 bits per heavy atom. The first-order valence-electron chi connectivity index (χ1n) is 6.88. The zero-order valence-electron chi connectivity index (χ0n) is 11.9. The molecule has 0 bridgehead atoms. The topological polar surface area (TPSA) is 21.3 Å². The normalized spacial score (nSPS) is 10.6. The molecule has 1 N–H and O–H groups in total. The molecule has 2 rings (SSSR count). The van der Waals surface area contributed by atoms with Crippen molar-refractivity contribution in [3.8, 4) is 16.9 Å². The third kappa shape index (κ3) is 3.53. The molecular weight excluding hydrogens is 270 g/mol. The van der Waals surface area contributed by atoms with Crippen molar-refractivity contribution >= 4 is 11.6 Å². The fraction of sp³-hybridized carbons (Fsp3) is 0.294. The number of benzene rings is 2. The summed E-state index contributed by atoms with van der Waals surface area (Å²) < 4.78 is 5.32. The maximum absolute atomic E-state index is 6.31. The monoisotopic (exact) mass is 289 g/mol. The van der Waals surface area contributed by atoms with E-state index in [4.69, 9.17) is 16.3 Å². The molecule has 0 amide bonds. The highest BCUT2D eigenvalue weighted by Crippen LogP contribution is 2.32. The van der Waals surface area contributed by atoms with E-state index in [1.165, 1.54) is 5.56 Å². The van der Waals surface area contributed by atoms with Crippen LogP contribution in [0.1, 0.15) is 18.9 Å². The van der Waals surface area contributed by atoms with E-state index in [1.807, 2.05) is 30.3 Å². The van der Waals surface area contributed by atoms with E-state index < -0.39 is 0 Å². The molecule has 2 aromatic carbocycles. The predicted octanol–water partition coefficient (Wildman–Crippen LogP) is 4.52. The maximum Gasteiger partial charge on any atom is 0.119 e. The third-order valence-corrected chi connectivity index (χ3v) is 3.55. The molecule has 0 aliphatic carbocycles. The van der Waals surface area contributed by atoms with Gasteiger partial charge in [0.2, 0.25) is 0 Å². The summed E-state index contributed by atoms with van der Waals surface area (Å²) in [6.07, 6.45) is 1.12. The molecule has 2 aromatic rings. The Morgan fingerprint density at radius 1 is 1.10 bits per heavy atom. The van der Waals surface area contributed by atoms with E-state index in [1.54, 1.807) is 7.11 Å². The quantitative estimate of drug-likeness (QED) is 0.790. The number of methoxy groups -OCH3 is 1. The highest BCUT2D eigenvalue weighted by atomic mass is 35.5. The van der Waals surface area contributed by atoms with Gasteiger partial charge in [0, 0.05) is 17.1 Å². The third-order valence-electron chi connectivity index (χ3n) is 3.22. The van der Waals surface area contributed by atoms with Crippen LogP contribution in [0.25, 0.3) is 11.1 Å². The summed E-state index contributed by atoms with van der Waals surface area (Å²) in [7, 11) is 1.69. The second-order valence-electron chi connectivity index (χ2n) is 4.68. The predicted molar refractivity (Wildman–Crippen MR) is 85.4 cm³/mol. The van der Waals surface area contributed by atoms with Gasteiger partial charge >= 0.3 is 0 Å². The van der Waals surface area contributed by atoms with Crippen LogP contribution in [0, 0.1) is 0 Å². The fourth-order valence-corrected chi connectivity index (χ4v) is 2.42. The average molecular weight is 290 g/mol. The van der Waals surface area contributed by atoms with Crippen LogP contribution in [0.2, 0.25) is 5.02 Å². The van der Waals surface area contributed by atoms with Crippen molar-refractivity contribution in [3.63, 3.8) is 0 Å². The highest BCUT2D eigenvalue weighted by Gasteiger charge is 2.09. The lowest BCUT2D eigenvalue weighted by Gasteiger charge is -2.13. The summed E-state index contributed by atoms with van der Waals surface area (Å²) in [4.78, 5) is 0. The Labute approximate surface area is 125 Å². The van der Waals surface area contributed by atoms with Crippen molar-refractivity contribution in [1.29, 1.82) is 0 Å². The van der Waals surface area contributed by atoms with Gasteiger partial charge in [0.05, 0.1) is 7.11 Å². The van der Waals surface area contributed by atoms with Crippen molar-refractivity contribution in [2.24, 2.45) is 0 Å². The maximum atomic E-state index is 6.31. The Hall–Kier alpha value is -1.51. The molecule has 106 valence electrons. The molecule has 2 nitrogen and oxygen atoms in total. The van der Waals surface area contributed by atoms with Crippen LogP contribution in [0.15, 0.2) is 42.5 Å². The number of hydrogen-bond acceptors (Lipinski definition) is 2. The second-order valence-corrected chi connectivity index (χ2v) is 5.09. The molecule has 0 atom stereocenters. The van der Waals surface area contributed by atoms with Gasteiger partial charge in [0.1, 0.15) is 5.75 Å². The first-order chi connectivity index (χ1) is 9.76. The lowest BCUT2D eigenvalue weighted by molar-refractivity contribution is 0.414. The van der Waals surface area contributed by atoms with Crippen molar-refractivity contribution in [3.05, 3.63) is 53.1 Å². The number of ether oxygens (including phenoxy) is 1. The standard InChI is InChI=1S/C17H20ClNO/c1-3-10-19-12-13-11-14(20-2)8-9-15(13)16-6-4-5-7-17(16)18/h4-9,11,19H,3,10,12H2,1-2H3. The van der Waals surface area contributed by atoms with Gasteiger partial charge in [-0.2, -0.15) is 0 Å². The van der Waals surface area contributed by atoms with Gasteiger partial charge in [-0.3, -0.25) is 0 Å². The Kier molecular flexibility index (Phi) is 5.45. The molecule has 0 spiro atoms. The largest absolute Gasteiger partial charge is 0.497 e. The average Bonchev–Trinajstić information content (AvgIpc) is 2.48. The van der Waals surface area contributed by atoms with E-state index in [2.05, 4.69) is 24.4 Å². The van der Waals surface area contributed by atoms with Crippen LogP contribution in [-0.4, -0.2) is 13.7 Å². The van der Waals surface area contributed by atoms with Gasteiger partial charge in [-0.1, -0.05) is 42.8 Å². The molecule has 0 aliphatic heterocycles. The van der Waals surface area contributed by atoms with Crippen LogP contribution in [0.5, 0.6) is 5.75 Å². The van der Waals surface area contributed by atoms with E-state index in [-0.39, 0.29) is 0 Å². The van der Waals surface area contributed by atoms with Crippen LogP contribution < -0.4 is 10.1 Å². The van der Waals surface area contributed by atoms with Gasteiger partial charge in [-0.05, 0) is 42.3 Å². The number of halogens is 1. The van der Waals surface area contributed by atoms with Crippen molar-refractivity contribution in [1.82, 2.24) is 5.32 Å². The van der Waals surface area contributed by atoms with Crippen LogP contribution in [-0.2, 0) is 6.54 Å². The van der Waals surface area contributed by atoms with Gasteiger partial charge < -0.3 is 10.1 Å². The van der Waals surface area contributed by atoms with Crippen LogP contribution in [0.3, 0.4) is 0 Å². The highest BCUT2D eigenvalue weighted by molar-refractivity contribution is 6.33. The zero-order chi connectivity index (χ0) is 14.4. The van der Waals surface area contributed by atoms with E-state index in [9.17, 15) is 0 Å². The molecule has 0 aromatic heterocycles. The molecule has 0 fully saturated rings. The minimum absolute atomic E-state index is 0.773. The smallest absolute Gasteiger partial charge is 0.119 e. The van der Waals surface area contributed by atoms with Crippen LogP contribution >= 0.6 is 11.6 Å². The molecule has 0 saturated heterocycles. The van der Waals surface area contributed by atoms with Gasteiger partial charge in [-0.25, -0.2) is 0 Å².